The second-order valence-corrected chi connectivity index (χ2v) is 6.54. The van der Waals surface area contributed by atoms with Crippen LogP contribution in [0.2, 0.25) is 0 Å². The van der Waals surface area contributed by atoms with Gasteiger partial charge in [0.1, 0.15) is 0 Å². The van der Waals surface area contributed by atoms with E-state index in [0.29, 0.717) is 11.9 Å². The molecule has 4 heteroatoms. The summed E-state index contributed by atoms with van der Waals surface area (Å²) < 4.78 is 0. The lowest BCUT2D eigenvalue weighted by molar-refractivity contribution is -0.138. The lowest BCUT2D eigenvalue weighted by Gasteiger charge is -2.34. The van der Waals surface area contributed by atoms with Gasteiger partial charge in [-0.1, -0.05) is 13.8 Å². The molecule has 1 aliphatic rings. The Hall–Kier alpha value is -0.220. The van der Waals surface area contributed by atoms with Crippen molar-refractivity contribution in [3.63, 3.8) is 0 Å². The van der Waals surface area contributed by atoms with E-state index >= 15 is 0 Å². The van der Waals surface area contributed by atoms with Crippen LogP contribution >= 0.6 is 11.8 Å². The summed E-state index contributed by atoms with van der Waals surface area (Å²) in [6.45, 7) is 6.18. The standard InChI is InChI=1S/C14H28N2OS/c1-5-12(6-2)14(17)16-8-7-9-18-11-13(16)10-15(3)4/h12-13H,5-11H2,1-4H3. The van der Waals surface area contributed by atoms with Crippen LogP contribution in [-0.2, 0) is 4.79 Å². The van der Waals surface area contributed by atoms with Gasteiger partial charge in [-0.15, -0.1) is 0 Å². The molecule has 0 bridgehead atoms. The Kier molecular flexibility index (Phi) is 7.08. The predicted molar refractivity (Wildman–Crippen MR) is 80.1 cm³/mol. The van der Waals surface area contributed by atoms with Crippen LogP contribution in [-0.4, -0.2) is 60.4 Å². The minimum Gasteiger partial charge on any atom is -0.337 e. The average Bonchev–Trinajstić information content (AvgIpc) is 2.55. The molecule has 1 atom stereocenters. The third kappa shape index (κ3) is 4.47. The summed E-state index contributed by atoms with van der Waals surface area (Å²) in [6, 6.07) is 0.389. The maximum absolute atomic E-state index is 12.6. The number of carbonyl (C=O) groups is 1. The maximum atomic E-state index is 12.6. The fourth-order valence-electron chi connectivity index (χ4n) is 2.56. The van der Waals surface area contributed by atoms with E-state index in [4.69, 9.17) is 0 Å². The smallest absolute Gasteiger partial charge is 0.225 e. The molecule has 0 aromatic rings. The molecule has 1 unspecified atom stereocenters. The van der Waals surface area contributed by atoms with Crippen molar-refractivity contribution < 1.29 is 4.79 Å². The number of likely N-dealkylation sites (N-methyl/N-ethyl adjacent to an activating group) is 1. The quantitative estimate of drug-likeness (QED) is 0.767. The van der Waals surface area contributed by atoms with Gasteiger partial charge in [0, 0.05) is 24.8 Å². The summed E-state index contributed by atoms with van der Waals surface area (Å²) in [4.78, 5) is 17.0. The molecule has 0 aromatic carbocycles. The second-order valence-electron chi connectivity index (χ2n) is 5.39. The van der Waals surface area contributed by atoms with Crippen LogP contribution in [0.5, 0.6) is 0 Å². The van der Waals surface area contributed by atoms with Crippen molar-refractivity contribution in [3.05, 3.63) is 0 Å². The molecule has 106 valence electrons. The van der Waals surface area contributed by atoms with E-state index in [2.05, 4.69) is 37.7 Å². The summed E-state index contributed by atoms with van der Waals surface area (Å²) in [5.41, 5.74) is 0. The highest BCUT2D eigenvalue weighted by atomic mass is 32.2. The first-order valence-corrected chi connectivity index (χ1v) is 8.28. The van der Waals surface area contributed by atoms with Gasteiger partial charge in [0.25, 0.3) is 0 Å². The van der Waals surface area contributed by atoms with Gasteiger partial charge in [-0.3, -0.25) is 4.79 Å². The van der Waals surface area contributed by atoms with Crippen molar-refractivity contribution in [3.8, 4) is 0 Å². The van der Waals surface area contributed by atoms with Gasteiger partial charge < -0.3 is 9.80 Å². The minimum absolute atomic E-state index is 0.220. The zero-order chi connectivity index (χ0) is 13.5. The molecule has 0 N–H and O–H groups in total. The van der Waals surface area contributed by atoms with Crippen molar-refractivity contribution in [2.24, 2.45) is 5.92 Å². The lowest BCUT2D eigenvalue weighted by Crippen LogP contribution is -2.48. The highest BCUT2D eigenvalue weighted by Crippen LogP contribution is 2.21. The number of carbonyl (C=O) groups excluding carboxylic acids is 1. The molecule has 0 aromatic heterocycles. The average molecular weight is 272 g/mol. The Bertz CT molecular complexity index is 254. The van der Waals surface area contributed by atoms with Crippen molar-refractivity contribution in [1.82, 2.24) is 9.80 Å². The Morgan fingerprint density at radius 2 is 2.06 bits per heavy atom. The highest BCUT2D eigenvalue weighted by Gasteiger charge is 2.29. The van der Waals surface area contributed by atoms with Crippen LogP contribution in [0.1, 0.15) is 33.1 Å². The molecule has 1 heterocycles. The van der Waals surface area contributed by atoms with Crippen LogP contribution in [0.25, 0.3) is 0 Å². The van der Waals surface area contributed by atoms with Gasteiger partial charge in [-0.25, -0.2) is 0 Å². The third-order valence-corrected chi connectivity index (χ3v) is 4.83. The van der Waals surface area contributed by atoms with E-state index in [1.54, 1.807) is 0 Å². The van der Waals surface area contributed by atoms with Crippen LogP contribution in [0.15, 0.2) is 0 Å². The molecule has 0 aliphatic carbocycles. The Balaban J connectivity index is 2.74. The van der Waals surface area contributed by atoms with Gasteiger partial charge in [0.15, 0.2) is 0 Å². The molecular weight excluding hydrogens is 244 g/mol. The first-order chi connectivity index (χ1) is 8.60. The molecule has 1 aliphatic heterocycles. The van der Waals surface area contributed by atoms with E-state index in [0.717, 1.165) is 38.1 Å². The van der Waals surface area contributed by atoms with Crippen molar-refractivity contribution in [2.75, 3.05) is 38.7 Å². The first-order valence-electron chi connectivity index (χ1n) is 7.13. The highest BCUT2D eigenvalue weighted by molar-refractivity contribution is 7.99. The lowest BCUT2D eigenvalue weighted by atomic mass is 10.0. The number of hydrogen-bond donors (Lipinski definition) is 0. The van der Waals surface area contributed by atoms with Gasteiger partial charge in [-0.05, 0) is 39.1 Å². The molecule has 1 saturated heterocycles. The normalized spacial score (nSPS) is 21.4. The predicted octanol–water partition coefficient (Wildman–Crippen LogP) is 2.32. The molecule has 0 saturated carbocycles. The summed E-state index contributed by atoms with van der Waals surface area (Å²) in [6.07, 6.45) is 3.07. The zero-order valence-corrected chi connectivity index (χ0v) is 13.1. The van der Waals surface area contributed by atoms with Crippen LogP contribution in [0.3, 0.4) is 0 Å². The third-order valence-electron chi connectivity index (χ3n) is 3.63. The molecule has 0 spiro atoms. The Morgan fingerprint density at radius 1 is 1.39 bits per heavy atom. The maximum Gasteiger partial charge on any atom is 0.225 e. The Labute approximate surface area is 116 Å². The zero-order valence-electron chi connectivity index (χ0n) is 12.3. The monoisotopic (exact) mass is 272 g/mol. The van der Waals surface area contributed by atoms with Crippen molar-refractivity contribution in [2.45, 2.75) is 39.2 Å². The fourth-order valence-corrected chi connectivity index (χ4v) is 3.62. The number of amides is 1. The largest absolute Gasteiger partial charge is 0.337 e. The number of nitrogens with zero attached hydrogens (tertiary/aromatic N) is 2. The molecule has 18 heavy (non-hydrogen) atoms. The summed E-state index contributed by atoms with van der Waals surface area (Å²) in [7, 11) is 4.19. The summed E-state index contributed by atoms with van der Waals surface area (Å²) in [5.74, 6) is 2.88. The molecule has 1 fully saturated rings. The van der Waals surface area contributed by atoms with E-state index in [9.17, 15) is 4.79 Å². The summed E-state index contributed by atoms with van der Waals surface area (Å²) >= 11 is 1.99. The Morgan fingerprint density at radius 3 is 2.61 bits per heavy atom. The molecule has 1 amide bonds. The van der Waals surface area contributed by atoms with Gasteiger partial charge in [0.05, 0.1) is 6.04 Å². The number of hydrogen-bond acceptors (Lipinski definition) is 3. The van der Waals surface area contributed by atoms with E-state index < -0.39 is 0 Å². The van der Waals surface area contributed by atoms with E-state index in [-0.39, 0.29) is 5.92 Å². The van der Waals surface area contributed by atoms with Crippen LogP contribution in [0.4, 0.5) is 0 Å². The number of rotatable bonds is 5. The first kappa shape index (κ1) is 15.8. The molecule has 1 rings (SSSR count). The molecule has 3 nitrogen and oxygen atoms in total. The molecular formula is C14H28N2OS. The fraction of sp³-hybridized carbons (Fsp3) is 0.929. The summed E-state index contributed by atoms with van der Waals surface area (Å²) in [5, 5.41) is 0. The second kappa shape index (κ2) is 8.05. The van der Waals surface area contributed by atoms with E-state index in [1.807, 2.05) is 11.8 Å². The van der Waals surface area contributed by atoms with Crippen LogP contribution in [0, 0.1) is 5.92 Å². The van der Waals surface area contributed by atoms with Crippen molar-refractivity contribution >= 4 is 17.7 Å². The van der Waals surface area contributed by atoms with Gasteiger partial charge >= 0.3 is 0 Å². The molecule has 0 radical (unpaired) electrons. The SMILES string of the molecule is CCC(CC)C(=O)N1CCCSCC1CN(C)C. The van der Waals surface area contributed by atoms with Crippen molar-refractivity contribution in [1.29, 1.82) is 0 Å². The topological polar surface area (TPSA) is 23.6 Å². The number of thioether (sulfide) groups is 1. The van der Waals surface area contributed by atoms with Gasteiger partial charge in [0.2, 0.25) is 5.91 Å². The minimum atomic E-state index is 0.220. The van der Waals surface area contributed by atoms with Gasteiger partial charge in [-0.2, -0.15) is 11.8 Å². The van der Waals surface area contributed by atoms with E-state index in [1.165, 1.54) is 5.75 Å². The van der Waals surface area contributed by atoms with Crippen LogP contribution < -0.4 is 0 Å².